The maximum absolute atomic E-state index is 12.3. The highest BCUT2D eigenvalue weighted by Gasteiger charge is 2.34. The average Bonchev–Trinajstić information content (AvgIpc) is 2.43. The van der Waals surface area contributed by atoms with Gasteiger partial charge in [0.05, 0.1) is 12.1 Å². The number of hydrogen-bond acceptors (Lipinski definition) is 3. The number of hydrogen-bond donors (Lipinski definition) is 3. The Labute approximate surface area is 134 Å². The molecule has 0 aromatic rings. The monoisotopic (exact) mass is 337 g/mol. The molecule has 1 saturated carbocycles. The number of likely N-dealkylation sites (tertiary alicyclic amines) is 1. The topological polar surface area (TPSA) is 64.6 Å². The van der Waals surface area contributed by atoms with Crippen LogP contribution in [0.1, 0.15) is 38.5 Å². The highest BCUT2D eigenvalue weighted by molar-refractivity contribution is 5.73. The lowest BCUT2D eigenvalue weighted by molar-refractivity contribution is -0.148. The smallest absolute Gasteiger partial charge is 0.388 e. The van der Waals surface area contributed by atoms with Gasteiger partial charge >= 0.3 is 12.2 Å². The number of nitrogens with one attached hydrogen (secondary N) is 2. The Morgan fingerprint density at radius 1 is 1.22 bits per heavy atom. The molecule has 5 nitrogen and oxygen atoms in total. The molecule has 23 heavy (non-hydrogen) atoms. The predicted molar refractivity (Wildman–Crippen MR) is 80.0 cm³/mol. The van der Waals surface area contributed by atoms with Crippen LogP contribution in [0.4, 0.5) is 18.0 Å². The van der Waals surface area contributed by atoms with E-state index in [9.17, 15) is 23.1 Å². The molecule has 0 bridgehead atoms. The van der Waals surface area contributed by atoms with Crippen LogP contribution in [-0.4, -0.2) is 60.5 Å². The third-order valence-corrected chi connectivity index (χ3v) is 4.81. The third-order valence-electron chi connectivity index (χ3n) is 4.81. The SMILES string of the molecule is O=C(NCCC1CCN(CC(F)(F)F)CC1)NCC1(O)CCC1. The van der Waals surface area contributed by atoms with Gasteiger partial charge in [0, 0.05) is 13.1 Å². The summed E-state index contributed by atoms with van der Waals surface area (Å²) in [7, 11) is 0. The van der Waals surface area contributed by atoms with Gasteiger partial charge in [0.15, 0.2) is 0 Å². The van der Waals surface area contributed by atoms with E-state index < -0.39 is 18.3 Å². The van der Waals surface area contributed by atoms with Gasteiger partial charge in [-0.2, -0.15) is 13.2 Å². The van der Waals surface area contributed by atoms with E-state index in [0.29, 0.717) is 25.6 Å². The van der Waals surface area contributed by atoms with Crippen molar-refractivity contribution in [2.45, 2.75) is 50.3 Å². The molecule has 2 amide bonds. The molecular formula is C15H26F3N3O2. The van der Waals surface area contributed by atoms with Crippen LogP contribution in [0.2, 0.25) is 0 Å². The molecule has 1 aliphatic heterocycles. The summed E-state index contributed by atoms with van der Waals surface area (Å²) in [5.41, 5.74) is -0.733. The van der Waals surface area contributed by atoms with Crippen LogP contribution < -0.4 is 10.6 Å². The highest BCUT2D eigenvalue weighted by Crippen LogP contribution is 2.30. The maximum atomic E-state index is 12.3. The molecule has 2 aliphatic rings. The number of halogens is 3. The van der Waals surface area contributed by atoms with Crippen LogP contribution in [0, 0.1) is 5.92 Å². The van der Waals surface area contributed by atoms with Gasteiger partial charge in [-0.1, -0.05) is 0 Å². The van der Waals surface area contributed by atoms with E-state index in [1.807, 2.05) is 0 Å². The van der Waals surface area contributed by atoms with Gasteiger partial charge in [-0.3, -0.25) is 4.90 Å². The number of rotatable bonds is 6. The molecule has 1 saturated heterocycles. The number of piperidine rings is 1. The van der Waals surface area contributed by atoms with E-state index in [0.717, 1.165) is 38.5 Å². The second kappa shape index (κ2) is 7.70. The molecule has 8 heteroatoms. The van der Waals surface area contributed by atoms with Gasteiger partial charge in [0.1, 0.15) is 0 Å². The lowest BCUT2D eigenvalue weighted by Crippen LogP contribution is -2.50. The van der Waals surface area contributed by atoms with Crippen molar-refractivity contribution >= 4 is 6.03 Å². The molecule has 0 radical (unpaired) electrons. The van der Waals surface area contributed by atoms with Crippen molar-refractivity contribution < 1.29 is 23.1 Å². The Hall–Kier alpha value is -1.02. The minimum atomic E-state index is -4.13. The molecular weight excluding hydrogens is 311 g/mol. The van der Waals surface area contributed by atoms with Gasteiger partial charge < -0.3 is 15.7 Å². The number of aliphatic hydroxyl groups is 1. The van der Waals surface area contributed by atoms with Crippen LogP contribution in [0.5, 0.6) is 0 Å². The largest absolute Gasteiger partial charge is 0.401 e. The van der Waals surface area contributed by atoms with Crippen molar-refractivity contribution in [1.29, 1.82) is 0 Å². The summed E-state index contributed by atoms with van der Waals surface area (Å²) >= 11 is 0. The Bertz CT molecular complexity index is 392. The summed E-state index contributed by atoms with van der Waals surface area (Å²) < 4.78 is 36.9. The zero-order chi connectivity index (χ0) is 16.9. The first-order chi connectivity index (χ1) is 10.8. The van der Waals surface area contributed by atoms with Crippen LogP contribution in [0.3, 0.4) is 0 Å². The van der Waals surface area contributed by atoms with E-state index in [2.05, 4.69) is 10.6 Å². The fraction of sp³-hybridized carbons (Fsp3) is 0.933. The number of alkyl halides is 3. The predicted octanol–water partition coefficient (Wildman–Crippen LogP) is 1.86. The highest BCUT2D eigenvalue weighted by atomic mass is 19.4. The fourth-order valence-electron chi connectivity index (χ4n) is 3.15. The molecule has 1 heterocycles. The molecule has 0 atom stereocenters. The molecule has 0 aromatic heterocycles. The summed E-state index contributed by atoms with van der Waals surface area (Å²) in [4.78, 5) is 13.1. The van der Waals surface area contributed by atoms with Crippen LogP contribution in [0.25, 0.3) is 0 Å². The molecule has 0 unspecified atom stereocenters. The summed E-state index contributed by atoms with van der Waals surface area (Å²) in [6, 6.07) is -0.292. The summed E-state index contributed by atoms with van der Waals surface area (Å²) in [5.74, 6) is 0.357. The quantitative estimate of drug-likeness (QED) is 0.693. The second-order valence-corrected chi connectivity index (χ2v) is 6.81. The summed E-state index contributed by atoms with van der Waals surface area (Å²) in [5, 5.41) is 15.3. The molecule has 2 rings (SSSR count). The standard InChI is InChI=1S/C15H26F3N3O2/c16-15(17,18)11-21-8-3-12(4-9-21)2-7-19-13(22)20-10-14(23)5-1-6-14/h12,23H,1-11H2,(H2,19,20,22). The average molecular weight is 337 g/mol. The second-order valence-electron chi connectivity index (χ2n) is 6.81. The number of urea groups is 1. The van der Waals surface area contributed by atoms with Crippen LogP contribution in [-0.2, 0) is 0 Å². The van der Waals surface area contributed by atoms with E-state index in [4.69, 9.17) is 0 Å². The van der Waals surface area contributed by atoms with Crippen molar-refractivity contribution in [3.63, 3.8) is 0 Å². The van der Waals surface area contributed by atoms with Crippen LogP contribution >= 0.6 is 0 Å². The van der Waals surface area contributed by atoms with E-state index in [-0.39, 0.29) is 12.6 Å². The molecule has 134 valence electrons. The lowest BCUT2D eigenvalue weighted by Gasteiger charge is -2.36. The zero-order valence-corrected chi connectivity index (χ0v) is 13.3. The first kappa shape index (κ1) is 18.3. The first-order valence-electron chi connectivity index (χ1n) is 8.29. The van der Waals surface area contributed by atoms with E-state index in [1.54, 1.807) is 0 Å². The van der Waals surface area contributed by atoms with Gasteiger partial charge in [-0.05, 0) is 57.5 Å². The van der Waals surface area contributed by atoms with Gasteiger partial charge in [0.25, 0.3) is 0 Å². The summed E-state index contributed by atoms with van der Waals surface area (Å²) in [6.45, 7) is 0.874. The van der Waals surface area contributed by atoms with Crippen molar-refractivity contribution in [3.8, 4) is 0 Å². The lowest BCUT2D eigenvalue weighted by atomic mass is 9.80. The number of carbonyl (C=O) groups excluding carboxylic acids is 1. The van der Waals surface area contributed by atoms with Crippen molar-refractivity contribution in [3.05, 3.63) is 0 Å². The third kappa shape index (κ3) is 6.55. The Morgan fingerprint density at radius 3 is 2.39 bits per heavy atom. The first-order valence-corrected chi connectivity index (χ1v) is 8.29. The van der Waals surface area contributed by atoms with Crippen molar-refractivity contribution in [1.82, 2.24) is 15.5 Å². The molecule has 0 aromatic carbocycles. The minimum absolute atomic E-state index is 0.272. The van der Waals surface area contributed by atoms with Gasteiger partial charge in [-0.15, -0.1) is 0 Å². The number of nitrogens with zero attached hydrogens (tertiary/aromatic N) is 1. The molecule has 3 N–H and O–H groups in total. The minimum Gasteiger partial charge on any atom is -0.388 e. The normalized spacial score (nSPS) is 22.4. The molecule has 1 aliphatic carbocycles. The van der Waals surface area contributed by atoms with Gasteiger partial charge in [-0.25, -0.2) is 4.79 Å². The maximum Gasteiger partial charge on any atom is 0.401 e. The molecule has 2 fully saturated rings. The van der Waals surface area contributed by atoms with E-state index >= 15 is 0 Å². The van der Waals surface area contributed by atoms with Crippen molar-refractivity contribution in [2.24, 2.45) is 5.92 Å². The van der Waals surface area contributed by atoms with Crippen molar-refractivity contribution in [2.75, 3.05) is 32.7 Å². The zero-order valence-electron chi connectivity index (χ0n) is 13.3. The van der Waals surface area contributed by atoms with Crippen LogP contribution in [0.15, 0.2) is 0 Å². The Balaban J connectivity index is 1.52. The molecule has 0 spiro atoms. The summed E-state index contributed by atoms with van der Waals surface area (Å²) in [6.07, 6.45) is 0.563. The van der Waals surface area contributed by atoms with Gasteiger partial charge in [0.2, 0.25) is 0 Å². The number of carbonyl (C=O) groups is 1. The Morgan fingerprint density at radius 2 is 1.87 bits per heavy atom. The fourth-order valence-corrected chi connectivity index (χ4v) is 3.15. The Kier molecular flexibility index (Phi) is 6.13. The van der Waals surface area contributed by atoms with E-state index in [1.165, 1.54) is 4.90 Å². The number of amides is 2.